The number of rotatable bonds is 3. The summed E-state index contributed by atoms with van der Waals surface area (Å²) in [5, 5.41) is 14.7. The average Bonchev–Trinajstić information content (AvgIpc) is 2.76. The van der Waals surface area contributed by atoms with Gasteiger partial charge in [0.15, 0.2) is 4.77 Å². The van der Waals surface area contributed by atoms with Gasteiger partial charge in [0.05, 0.1) is 5.69 Å². The Kier molecular flexibility index (Phi) is 4.45. The van der Waals surface area contributed by atoms with Crippen molar-refractivity contribution in [2.45, 2.75) is 6.42 Å². The topological polar surface area (TPSA) is 68.9 Å². The fourth-order valence-corrected chi connectivity index (χ4v) is 4.15. The van der Waals surface area contributed by atoms with Crippen LogP contribution >= 0.6 is 12.2 Å². The normalized spacial score (nSPS) is 11.2. The van der Waals surface area contributed by atoms with Gasteiger partial charge in [0.2, 0.25) is 0 Å². The molecule has 0 spiro atoms. The molecule has 5 aromatic rings. The molecular formula is C25H18N2O2S. The highest BCUT2D eigenvalue weighted by Gasteiger charge is 2.16. The minimum Gasteiger partial charge on any atom is -0.508 e. The highest BCUT2D eigenvalue weighted by Crippen LogP contribution is 2.31. The van der Waals surface area contributed by atoms with E-state index in [4.69, 9.17) is 12.2 Å². The highest BCUT2D eigenvalue weighted by atomic mass is 32.1. The molecule has 4 nitrogen and oxygen atoms in total. The molecule has 0 bridgehead atoms. The molecule has 1 aromatic heterocycles. The summed E-state index contributed by atoms with van der Waals surface area (Å²) in [4.78, 5) is 18.8. The third-order valence-corrected chi connectivity index (χ3v) is 5.65. The molecule has 30 heavy (non-hydrogen) atoms. The number of benzene rings is 4. The largest absolute Gasteiger partial charge is 0.508 e. The van der Waals surface area contributed by atoms with Crippen LogP contribution in [0.2, 0.25) is 0 Å². The van der Waals surface area contributed by atoms with Crippen LogP contribution in [-0.4, -0.2) is 15.1 Å². The predicted molar refractivity (Wildman–Crippen MR) is 124 cm³/mol. The van der Waals surface area contributed by atoms with Crippen LogP contribution in [-0.2, 0) is 6.42 Å². The summed E-state index contributed by atoms with van der Waals surface area (Å²) in [6, 6.07) is 25.5. The second kappa shape index (κ2) is 7.28. The van der Waals surface area contributed by atoms with Gasteiger partial charge in [-0.3, -0.25) is 9.78 Å². The van der Waals surface area contributed by atoms with Gasteiger partial charge in [0, 0.05) is 17.5 Å². The van der Waals surface area contributed by atoms with Gasteiger partial charge >= 0.3 is 0 Å². The number of aromatic nitrogens is 2. The Morgan fingerprint density at radius 1 is 0.767 bits per heavy atom. The molecule has 0 aliphatic heterocycles. The summed E-state index contributed by atoms with van der Waals surface area (Å²) in [5.41, 5.74) is 2.54. The van der Waals surface area contributed by atoms with E-state index in [2.05, 4.69) is 9.97 Å². The predicted octanol–water partition coefficient (Wildman–Crippen LogP) is 5.70. The number of fused-ring (bicyclic) bond motifs is 2. The van der Waals surface area contributed by atoms with Crippen LogP contribution in [0.3, 0.4) is 0 Å². The fraction of sp³-hybridized carbons (Fsp3) is 0.0400. The maximum atomic E-state index is 12.9. The zero-order valence-electron chi connectivity index (χ0n) is 16.0. The lowest BCUT2D eigenvalue weighted by Crippen LogP contribution is -2.16. The lowest BCUT2D eigenvalue weighted by Gasteiger charge is -2.13. The van der Waals surface area contributed by atoms with E-state index >= 15 is 0 Å². The van der Waals surface area contributed by atoms with E-state index in [1.165, 1.54) is 0 Å². The van der Waals surface area contributed by atoms with Crippen LogP contribution in [0, 0.1) is 4.77 Å². The van der Waals surface area contributed by atoms with Crippen LogP contribution in [0.25, 0.3) is 32.8 Å². The molecule has 0 unspecified atom stereocenters. The zero-order valence-corrected chi connectivity index (χ0v) is 16.8. The first-order chi connectivity index (χ1) is 14.6. The van der Waals surface area contributed by atoms with Crippen molar-refractivity contribution in [1.29, 1.82) is 0 Å². The molecule has 0 saturated carbocycles. The molecule has 0 fully saturated rings. The number of aromatic amines is 2. The molecule has 5 heteroatoms. The number of phenols is 1. The van der Waals surface area contributed by atoms with E-state index in [-0.39, 0.29) is 22.5 Å². The monoisotopic (exact) mass is 410 g/mol. The van der Waals surface area contributed by atoms with Crippen molar-refractivity contribution in [2.24, 2.45) is 0 Å². The molecule has 5 rings (SSSR count). The summed E-state index contributed by atoms with van der Waals surface area (Å²) in [5.74, 6) is 0.167. The van der Waals surface area contributed by atoms with E-state index in [1.54, 1.807) is 6.07 Å². The summed E-state index contributed by atoms with van der Waals surface area (Å²) in [6.45, 7) is 0. The van der Waals surface area contributed by atoms with Gasteiger partial charge in [-0.05, 0) is 51.5 Å². The standard InChI is InChI=1S/C25H18N2O2S/c28-22-12-11-16-6-3-4-8-19(16)20(22)14-21-23(26-25(30)27-24(21)29)18-10-9-15-5-1-2-7-17(15)13-18/h1-13,28H,14H2,(H2,26,27,29,30). The Morgan fingerprint density at radius 3 is 2.30 bits per heavy atom. The van der Waals surface area contributed by atoms with Gasteiger partial charge in [-0.15, -0.1) is 0 Å². The van der Waals surface area contributed by atoms with E-state index < -0.39 is 0 Å². The van der Waals surface area contributed by atoms with E-state index in [0.717, 1.165) is 27.1 Å². The maximum absolute atomic E-state index is 12.9. The van der Waals surface area contributed by atoms with Crippen molar-refractivity contribution in [3.8, 4) is 17.0 Å². The summed E-state index contributed by atoms with van der Waals surface area (Å²) >= 11 is 5.25. The number of hydrogen-bond acceptors (Lipinski definition) is 3. The molecule has 0 saturated heterocycles. The van der Waals surface area contributed by atoms with Crippen molar-refractivity contribution >= 4 is 33.8 Å². The van der Waals surface area contributed by atoms with Gasteiger partial charge in [-0.2, -0.15) is 0 Å². The number of aromatic hydroxyl groups is 1. The number of H-pyrrole nitrogens is 2. The second-order valence-electron chi connectivity index (χ2n) is 7.28. The lowest BCUT2D eigenvalue weighted by atomic mass is 9.95. The average molecular weight is 410 g/mol. The first-order valence-electron chi connectivity index (χ1n) is 9.64. The third kappa shape index (κ3) is 3.19. The van der Waals surface area contributed by atoms with Gasteiger partial charge in [-0.25, -0.2) is 0 Å². The van der Waals surface area contributed by atoms with Crippen molar-refractivity contribution < 1.29 is 5.11 Å². The summed E-state index contributed by atoms with van der Waals surface area (Å²) in [7, 11) is 0. The zero-order chi connectivity index (χ0) is 20.7. The van der Waals surface area contributed by atoms with Crippen LogP contribution in [0.5, 0.6) is 5.75 Å². The number of hydrogen-bond donors (Lipinski definition) is 3. The molecule has 1 heterocycles. The molecule has 4 aromatic carbocycles. The SMILES string of the molecule is O=c1[nH]c(=S)[nH]c(-c2ccc3ccccc3c2)c1Cc1c(O)ccc2ccccc12. The Hall–Kier alpha value is -3.70. The first kappa shape index (κ1) is 18.3. The summed E-state index contributed by atoms with van der Waals surface area (Å²) < 4.78 is 0.272. The molecule has 3 N–H and O–H groups in total. The number of nitrogens with one attached hydrogen (secondary N) is 2. The lowest BCUT2D eigenvalue weighted by molar-refractivity contribution is 0.470. The van der Waals surface area contributed by atoms with Crippen LogP contribution in [0.1, 0.15) is 11.1 Å². The first-order valence-corrected chi connectivity index (χ1v) is 10.1. The van der Waals surface area contributed by atoms with Crippen molar-refractivity contribution in [2.75, 3.05) is 0 Å². The summed E-state index contributed by atoms with van der Waals surface area (Å²) in [6.07, 6.45) is 0.275. The Morgan fingerprint density at radius 2 is 1.47 bits per heavy atom. The van der Waals surface area contributed by atoms with Crippen molar-refractivity contribution in [1.82, 2.24) is 9.97 Å². The Bertz CT molecular complexity index is 1530. The molecule has 0 amide bonds. The van der Waals surface area contributed by atoms with Gasteiger partial charge in [0.1, 0.15) is 5.75 Å². The van der Waals surface area contributed by atoms with Crippen LogP contribution in [0.4, 0.5) is 0 Å². The molecule has 0 aliphatic carbocycles. The van der Waals surface area contributed by atoms with E-state index in [9.17, 15) is 9.90 Å². The molecule has 146 valence electrons. The van der Waals surface area contributed by atoms with Crippen molar-refractivity contribution in [3.63, 3.8) is 0 Å². The fourth-order valence-electron chi connectivity index (χ4n) is 3.96. The maximum Gasteiger partial charge on any atom is 0.255 e. The molecule has 0 atom stereocenters. The third-order valence-electron chi connectivity index (χ3n) is 5.45. The van der Waals surface area contributed by atoms with Gasteiger partial charge < -0.3 is 10.1 Å². The van der Waals surface area contributed by atoms with Crippen molar-refractivity contribution in [3.05, 3.63) is 105 Å². The van der Waals surface area contributed by atoms with Crippen LogP contribution in [0.15, 0.2) is 83.7 Å². The molecule has 0 aliphatic rings. The minimum atomic E-state index is -0.255. The smallest absolute Gasteiger partial charge is 0.255 e. The molecular weight excluding hydrogens is 392 g/mol. The second-order valence-corrected chi connectivity index (χ2v) is 7.69. The minimum absolute atomic E-state index is 0.167. The quantitative estimate of drug-likeness (QED) is 0.334. The Labute approximate surface area is 177 Å². The highest BCUT2D eigenvalue weighted by molar-refractivity contribution is 7.71. The van der Waals surface area contributed by atoms with Gasteiger partial charge in [0.25, 0.3) is 5.56 Å². The van der Waals surface area contributed by atoms with Gasteiger partial charge in [-0.1, -0.05) is 66.7 Å². The van der Waals surface area contributed by atoms with Crippen LogP contribution < -0.4 is 5.56 Å². The molecule has 0 radical (unpaired) electrons. The Balaban J connectivity index is 1.73. The van der Waals surface area contributed by atoms with E-state index in [1.807, 2.05) is 72.8 Å². The van der Waals surface area contributed by atoms with E-state index in [0.29, 0.717) is 16.8 Å². The number of phenolic OH excluding ortho intramolecular Hbond substituents is 1.